The zero-order valence-electron chi connectivity index (χ0n) is 15.2. The van der Waals surface area contributed by atoms with E-state index in [1.165, 1.54) is 24.3 Å². The molecule has 0 radical (unpaired) electrons. The molecule has 0 atom stereocenters. The third-order valence-corrected chi connectivity index (χ3v) is 5.79. The molecule has 0 bridgehead atoms. The second-order valence-corrected chi connectivity index (χ2v) is 7.71. The van der Waals surface area contributed by atoms with Crippen molar-refractivity contribution in [3.8, 4) is 0 Å². The minimum absolute atomic E-state index is 0.201. The average molecular weight is 380 g/mol. The van der Waals surface area contributed by atoms with Gasteiger partial charge in [-0.2, -0.15) is 0 Å². The number of aryl methyl sites for hydroxylation is 1. The lowest BCUT2D eigenvalue weighted by Gasteiger charge is -2.38. The molecule has 4 rings (SSSR count). The summed E-state index contributed by atoms with van der Waals surface area (Å²) in [4.78, 5) is 20.5. The first-order valence-electron chi connectivity index (χ1n) is 9.32. The summed E-state index contributed by atoms with van der Waals surface area (Å²) in [5.41, 5.74) is 2.63. The Balaban J connectivity index is 1.76. The van der Waals surface area contributed by atoms with Gasteiger partial charge < -0.3 is 0 Å². The van der Waals surface area contributed by atoms with Crippen molar-refractivity contribution in [2.75, 3.05) is 0 Å². The molecule has 1 amide bonds. The summed E-state index contributed by atoms with van der Waals surface area (Å²) in [6.45, 7) is 2.03. The third-order valence-electron chi connectivity index (χ3n) is 5.42. The number of benzene rings is 2. The van der Waals surface area contributed by atoms with E-state index in [2.05, 4.69) is 0 Å². The molecule has 1 aliphatic heterocycles. The lowest BCUT2D eigenvalue weighted by molar-refractivity contribution is 0.0648. The van der Waals surface area contributed by atoms with Crippen LogP contribution in [0.2, 0.25) is 0 Å². The lowest BCUT2D eigenvalue weighted by Crippen LogP contribution is -2.50. The van der Waals surface area contributed by atoms with Crippen molar-refractivity contribution in [2.45, 2.75) is 44.7 Å². The van der Waals surface area contributed by atoms with Crippen LogP contribution in [0, 0.1) is 12.7 Å². The van der Waals surface area contributed by atoms with Gasteiger partial charge in [-0.15, -0.1) is 0 Å². The van der Waals surface area contributed by atoms with E-state index in [0.29, 0.717) is 16.3 Å². The first-order chi connectivity index (χ1) is 13.0. The number of amides is 1. The number of nitrogens with zero attached hydrogens (tertiary/aromatic N) is 2. The summed E-state index contributed by atoms with van der Waals surface area (Å²) >= 11 is 5.73. The van der Waals surface area contributed by atoms with Gasteiger partial charge in [0.2, 0.25) is 0 Å². The standard InChI is InChI=1S/C22H21FN2OS/c1-15-5-7-16(8-6-15)19-21(27)25(22(24-19)13-3-2-4-14-22)20(26)17-9-11-18(23)12-10-17/h5-12H,2-4,13-14H2,1H3. The predicted molar refractivity (Wildman–Crippen MR) is 109 cm³/mol. The Morgan fingerprint density at radius 1 is 1.04 bits per heavy atom. The highest BCUT2D eigenvalue weighted by Crippen LogP contribution is 2.41. The SMILES string of the molecule is Cc1ccc(C2=NC3(CCCCC3)N(C(=O)c3ccc(F)cc3)C2=S)cc1. The van der Waals surface area contributed by atoms with Crippen molar-refractivity contribution < 1.29 is 9.18 Å². The first-order valence-corrected chi connectivity index (χ1v) is 9.72. The van der Waals surface area contributed by atoms with E-state index < -0.39 is 5.66 Å². The molecule has 3 nitrogen and oxygen atoms in total. The molecule has 1 saturated carbocycles. The highest BCUT2D eigenvalue weighted by Gasteiger charge is 2.48. The molecule has 1 spiro atoms. The van der Waals surface area contributed by atoms with Crippen LogP contribution in [0.15, 0.2) is 53.5 Å². The number of carbonyl (C=O) groups excluding carboxylic acids is 1. The number of carbonyl (C=O) groups is 1. The van der Waals surface area contributed by atoms with Crippen molar-refractivity contribution in [3.05, 3.63) is 71.0 Å². The van der Waals surface area contributed by atoms with Crippen molar-refractivity contribution in [1.29, 1.82) is 0 Å². The normalized spacial score (nSPS) is 18.7. The molecule has 0 N–H and O–H groups in total. The minimum Gasteiger partial charge on any atom is -0.271 e. The van der Waals surface area contributed by atoms with Crippen LogP contribution in [0.4, 0.5) is 4.39 Å². The van der Waals surface area contributed by atoms with Gasteiger partial charge in [-0.3, -0.25) is 14.7 Å². The molecule has 2 aromatic rings. The molecule has 27 heavy (non-hydrogen) atoms. The van der Waals surface area contributed by atoms with Crippen LogP contribution < -0.4 is 0 Å². The van der Waals surface area contributed by atoms with Crippen molar-refractivity contribution >= 4 is 28.8 Å². The van der Waals surface area contributed by atoms with E-state index in [1.54, 1.807) is 4.90 Å². The molecule has 0 unspecified atom stereocenters. The Morgan fingerprint density at radius 3 is 2.30 bits per heavy atom. The average Bonchev–Trinajstić information content (AvgIpc) is 2.95. The van der Waals surface area contributed by atoms with Gasteiger partial charge in [0.25, 0.3) is 5.91 Å². The quantitative estimate of drug-likeness (QED) is 0.682. The zero-order valence-corrected chi connectivity index (χ0v) is 16.1. The number of hydrogen-bond acceptors (Lipinski definition) is 3. The summed E-state index contributed by atoms with van der Waals surface area (Å²) < 4.78 is 13.3. The number of halogens is 1. The van der Waals surface area contributed by atoms with E-state index in [9.17, 15) is 9.18 Å². The van der Waals surface area contributed by atoms with E-state index in [1.807, 2.05) is 31.2 Å². The maximum atomic E-state index is 13.3. The third kappa shape index (κ3) is 3.21. The second kappa shape index (κ2) is 6.97. The van der Waals surface area contributed by atoms with Crippen molar-refractivity contribution in [3.63, 3.8) is 0 Å². The van der Waals surface area contributed by atoms with Crippen LogP contribution in [0.25, 0.3) is 0 Å². The monoisotopic (exact) mass is 380 g/mol. The molecule has 5 heteroatoms. The minimum atomic E-state index is -0.610. The lowest BCUT2D eigenvalue weighted by atomic mass is 9.88. The van der Waals surface area contributed by atoms with Gasteiger partial charge >= 0.3 is 0 Å². The van der Waals surface area contributed by atoms with Crippen LogP contribution in [0.3, 0.4) is 0 Å². The number of hydrogen-bond donors (Lipinski definition) is 0. The summed E-state index contributed by atoms with van der Waals surface area (Å²) in [6, 6.07) is 13.7. The molecule has 2 aromatic carbocycles. The van der Waals surface area contributed by atoms with Crippen LogP contribution in [0.5, 0.6) is 0 Å². The number of thiocarbonyl (C=S) groups is 1. The molecule has 0 aromatic heterocycles. The topological polar surface area (TPSA) is 32.7 Å². The Labute approximate surface area is 163 Å². The predicted octanol–water partition coefficient (Wildman–Crippen LogP) is 5.07. The highest BCUT2D eigenvalue weighted by atomic mass is 32.1. The molecule has 138 valence electrons. The van der Waals surface area contributed by atoms with Crippen molar-refractivity contribution in [1.82, 2.24) is 4.90 Å². The summed E-state index contributed by atoms with van der Waals surface area (Å²) in [7, 11) is 0. The molecule has 2 aliphatic rings. The van der Waals surface area contributed by atoms with E-state index in [0.717, 1.165) is 43.2 Å². The fraction of sp³-hybridized carbons (Fsp3) is 0.318. The fourth-order valence-corrected chi connectivity index (χ4v) is 4.37. The van der Waals surface area contributed by atoms with E-state index in [-0.39, 0.29) is 11.7 Å². The summed E-state index contributed by atoms with van der Waals surface area (Å²) in [6.07, 6.45) is 4.77. The maximum Gasteiger partial charge on any atom is 0.260 e. The van der Waals surface area contributed by atoms with E-state index >= 15 is 0 Å². The van der Waals surface area contributed by atoms with Gasteiger partial charge in [-0.25, -0.2) is 4.39 Å². The van der Waals surface area contributed by atoms with Gasteiger partial charge in [0, 0.05) is 11.1 Å². The van der Waals surface area contributed by atoms with Gasteiger partial charge in [0.15, 0.2) is 0 Å². The Hall–Kier alpha value is -2.40. The molecule has 1 fully saturated rings. The van der Waals surface area contributed by atoms with Crippen LogP contribution >= 0.6 is 12.2 Å². The van der Waals surface area contributed by atoms with Crippen LogP contribution in [0.1, 0.15) is 53.6 Å². The Bertz CT molecular complexity index is 912. The number of rotatable bonds is 2. The summed E-state index contributed by atoms with van der Waals surface area (Å²) in [5.74, 6) is -0.563. The Kier molecular flexibility index (Phi) is 4.64. The largest absolute Gasteiger partial charge is 0.271 e. The molecular weight excluding hydrogens is 359 g/mol. The summed E-state index contributed by atoms with van der Waals surface area (Å²) in [5, 5.41) is 0. The smallest absolute Gasteiger partial charge is 0.260 e. The highest BCUT2D eigenvalue weighted by molar-refractivity contribution is 7.82. The van der Waals surface area contributed by atoms with Gasteiger partial charge in [-0.1, -0.05) is 48.5 Å². The van der Waals surface area contributed by atoms with Crippen molar-refractivity contribution in [2.24, 2.45) is 4.99 Å². The molecular formula is C22H21FN2OS. The zero-order chi connectivity index (χ0) is 19.0. The second-order valence-electron chi connectivity index (χ2n) is 7.32. The van der Waals surface area contributed by atoms with Crippen LogP contribution in [-0.4, -0.2) is 27.2 Å². The molecule has 1 aliphatic carbocycles. The van der Waals surface area contributed by atoms with Gasteiger partial charge in [0.1, 0.15) is 22.2 Å². The maximum absolute atomic E-state index is 13.3. The van der Waals surface area contributed by atoms with Gasteiger partial charge in [0.05, 0.1) is 0 Å². The van der Waals surface area contributed by atoms with E-state index in [4.69, 9.17) is 17.2 Å². The first kappa shape index (κ1) is 18.0. The fourth-order valence-electron chi connectivity index (χ4n) is 3.96. The Morgan fingerprint density at radius 2 is 1.67 bits per heavy atom. The molecule has 0 saturated heterocycles. The molecule has 1 heterocycles. The van der Waals surface area contributed by atoms with Gasteiger partial charge in [-0.05, 0) is 56.9 Å². The van der Waals surface area contributed by atoms with Crippen LogP contribution in [-0.2, 0) is 0 Å². The number of aliphatic imine (C=N–C) groups is 1.